The summed E-state index contributed by atoms with van der Waals surface area (Å²) in [5.41, 5.74) is -1.16. The Kier molecular flexibility index (Phi) is 6.22. The Balaban J connectivity index is 1.40. The van der Waals surface area contributed by atoms with Crippen LogP contribution in [0.2, 0.25) is 0 Å². The molecule has 41 heavy (non-hydrogen) atoms. The van der Waals surface area contributed by atoms with Gasteiger partial charge in [0.1, 0.15) is 11.1 Å². The second kappa shape index (κ2) is 9.78. The maximum absolute atomic E-state index is 13.6. The van der Waals surface area contributed by atoms with Gasteiger partial charge in [0.05, 0.1) is 16.8 Å². The van der Waals surface area contributed by atoms with Crippen molar-refractivity contribution in [3.8, 4) is 11.3 Å². The number of amides is 2. The van der Waals surface area contributed by atoms with E-state index < -0.39 is 41.2 Å². The molecule has 0 aliphatic carbocycles. The van der Waals surface area contributed by atoms with Crippen LogP contribution in [0.3, 0.4) is 0 Å². The number of nitrogens with one attached hydrogen (secondary N) is 1. The number of anilines is 2. The van der Waals surface area contributed by atoms with Gasteiger partial charge in [-0.25, -0.2) is 0 Å². The molecule has 2 amide bonds. The number of fused-ring (bicyclic) bond motifs is 2. The van der Waals surface area contributed by atoms with E-state index in [0.29, 0.717) is 16.8 Å². The fourth-order valence-corrected chi connectivity index (χ4v) is 5.51. The molecule has 6 rings (SSSR count). The molecule has 0 saturated heterocycles. The summed E-state index contributed by atoms with van der Waals surface area (Å²) in [5.74, 6) is -1.41. The lowest BCUT2D eigenvalue weighted by molar-refractivity contribution is -0.137. The molecule has 0 spiro atoms. The van der Waals surface area contributed by atoms with E-state index in [0.717, 1.165) is 39.0 Å². The summed E-state index contributed by atoms with van der Waals surface area (Å²) in [7, 11) is 0. The van der Waals surface area contributed by atoms with Gasteiger partial charge in [-0.15, -0.1) is 0 Å². The van der Waals surface area contributed by atoms with Crippen LogP contribution in [-0.2, 0) is 15.8 Å². The fourth-order valence-electron chi connectivity index (χ4n) is 4.51. The van der Waals surface area contributed by atoms with Crippen molar-refractivity contribution in [1.82, 2.24) is 14.6 Å². The highest BCUT2D eigenvalue weighted by Crippen LogP contribution is 2.35. The molecule has 0 radical (unpaired) electrons. The largest absolute Gasteiger partial charge is 0.416 e. The Bertz CT molecular complexity index is 2040. The molecule has 204 valence electrons. The molecule has 0 bridgehead atoms. The molecule has 0 unspecified atom stereocenters. The summed E-state index contributed by atoms with van der Waals surface area (Å²) in [5, 5.41) is 6.60. The molecule has 3 heterocycles. The molecule has 1 N–H and O–H groups in total. The van der Waals surface area contributed by atoms with Crippen LogP contribution in [0.25, 0.3) is 21.8 Å². The zero-order chi connectivity index (χ0) is 28.9. The van der Waals surface area contributed by atoms with Gasteiger partial charge in [0.15, 0.2) is 5.69 Å². The highest BCUT2D eigenvalue weighted by molar-refractivity contribution is 7.15. The SMILES string of the molecule is O=C(CN1C(=O)/C(=c2\sc3nc(=O)c(-c4ccccc4)nn3c2=O)c2ccccc21)Nc1cccc(C(F)(F)F)c1. The van der Waals surface area contributed by atoms with Gasteiger partial charge in [0, 0.05) is 16.8 Å². The maximum Gasteiger partial charge on any atom is 0.416 e. The van der Waals surface area contributed by atoms with Crippen molar-refractivity contribution in [3.63, 3.8) is 0 Å². The topological polar surface area (TPSA) is 114 Å². The highest BCUT2D eigenvalue weighted by Gasteiger charge is 2.36. The van der Waals surface area contributed by atoms with Gasteiger partial charge >= 0.3 is 11.7 Å². The first kappa shape index (κ1) is 26.1. The number of rotatable bonds is 4. The van der Waals surface area contributed by atoms with Gasteiger partial charge < -0.3 is 5.32 Å². The number of nitrogens with zero attached hydrogens (tertiary/aromatic N) is 4. The van der Waals surface area contributed by atoms with Crippen molar-refractivity contribution < 1.29 is 22.8 Å². The summed E-state index contributed by atoms with van der Waals surface area (Å²) < 4.78 is 40.2. The molecule has 9 nitrogen and oxygen atoms in total. The predicted molar refractivity (Wildman–Crippen MR) is 145 cm³/mol. The van der Waals surface area contributed by atoms with Crippen molar-refractivity contribution in [2.24, 2.45) is 0 Å². The van der Waals surface area contributed by atoms with Gasteiger partial charge in [0.2, 0.25) is 10.9 Å². The molecule has 2 aromatic heterocycles. The first-order valence-corrected chi connectivity index (χ1v) is 12.9. The van der Waals surface area contributed by atoms with E-state index in [9.17, 15) is 32.3 Å². The molecule has 13 heteroatoms. The summed E-state index contributed by atoms with van der Waals surface area (Å²) in [4.78, 5) is 57.7. The van der Waals surface area contributed by atoms with Gasteiger partial charge in [-0.2, -0.15) is 27.8 Å². The van der Waals surface area contributed by atoms with Crippen molar-refractivity contribution >= 4 is 45.1 Å². The molecule has 3 aromatic carbocycles. The van der Waals surface area contributed by atoms with Crippen LogP contribution >= 0.6 is 11.3 Å². The molecule has 1 aliphatic heterocycles. The number of thiazole rings is 1. The molecule has 1 aliphatic rings. The second-order valence-corrected chi connectivity index (χ2v) is 9.95. The first-order valence-electron chi connectivity index (χ1n) is 12.0. The van der Waals surface area contributed by atoms with E-state index in [1.807, 2.05) is 0 Å². The van der Waals surface area contributed by atoms with E-state index in [4.69, 9.17) is 0 Å². The molecule has 0 fully saturated rings. The first-order chi connectivity index (χ1) is 19.6. The Labute approximate surface area is 231 Å². The molecule has 5 aromatic rings. The lowest BCUT2D eigenvalue weighted by atomic mass is 10.1. The van der Waals surface area contributed by atoms with E-state index >= 15 is 0 Å². The van der Waals surface area contributed by atoms with Crippen LogP contribution in [0.15, 0.2) is 88.5 Å². The number of carbonyl (C=O) groups excluding carboxylic acids is 2. The van der Waals surface area contributed by atoms with Crippen LogP contribution in [0, 0.1) is 0 Å². The van der Waals surface area contributed by atoms with Crippen LogP contribution in [0.5, 0.6) is 0 Å². The number of alkyl halides is 3. The van der Waals surface area contributed by atoms with Crippen molar-refractivity contribution in [2.45, 2.75) is 6.18 Å². The maximum atomic E-state index is 13.6. The second-order valence-electron chi connectivity index (χ2n) is 8.97. The molecular formula is C28H16F3N5O4S. The minimum Gasteiger partial charge on any atom is -0.325 e. The summed E-state index contributed by atoms with van der Waals surface area (Å²) in [6, 6.07) is 19.1. The van der Waals surface area contributed by atoms with Gasteiger partial charge in [-0.1, -0.05) is 65.9 Å². The minimum absolute atomic E-state index is 0.00322. The third-order valence-corrected chi connectivity index (χ3v) is 7.36. The Morgan fingerprint density at radius 2 is 1.66 bits per heavy atom. The minimum atomic E-state index is -4.59. The lowest BCUT2D eigenvalue weighted by Gasteiger charge is -2.17. The average molecular weight is 576 g/mol. The van der Waals surface area contributed by atoms with E-state index in [1.165, 1.54) is 6.07 Å². The van der Waals surface area contributed by atoms with Crippen molar-refractivity contribution in [1.29, 1.82) is 0 Å². The number of benzene rings is 3. The normalized spacial score (nSPS) is 14.4. The number of aromatic nitrogens is 3. The highest BCUT2D eigenvalue weighted by atomic mass is 32.1. The van der Waals surface area contributed by atoms with Crippen LogP contribution in [0.4, 0.5) is 24.5 Å². The number of hydrogen-bond donors (Lipinski definition) is 1. The summed E-state index contributed by atoms with van der Waals surface area (Å²) in [6.07, 6.45) is -4.59. The zero-order valence-electron chi connectivity index (χ0n) is 20.7. The molecular weight excluding hydrogens is 559 g/mol. The third kappa shape index (κ3) is 4.65. The Morgan fingerprint density at radius 3 is 2.41 bits per heavy atom. The molecule has 0 atom stereocenters. The van der Waals surface area contributed by atoms with Crippen LogP contribution < -0.4 is 25.9 Å². The van der Waals surface area contributed by atoms with Crippen molar-refractivity contribution in [2.75, 3.05) is 16.8 Å². The number of hydrogen-bond acceptors (Lipinski definition) is 7. The summed E-state index contributed by atoms with van der Waals surface area (Å²) in [6.45, 7) is -0.527. The van der Waals surface area contributed by atoms with E-state index in [1.54, 1.807) is 54.6 Å². The van der Waals surface area contributed by atoms with Gasteiger partial charge in [-0.3, -0.25) is 24.1 Å². The number of carbonyl (C=O) groups is 2. The Hall–Kier alpha value is -5.17. The van der Waals surface area contributed by atoms with E-state index in [2.05, 4.69) is 15.4 Å². The number of halogens is 3. The van der Waals surface area contributed by atoms with Crippen LogP contribution in [-0.4, -0.2) is 33.0 Å². The average Bonchev–Trinajstić information content (AvgIpc) is 3.40. The van der Waals surface area contributed by atoms with Crippen molar-refractivity contribution in [3.05, 3.63) is 115 Å². The monoisotopic (exact) mass is 575 g/mol. The Morgan fingerprint density at radius 1 is 0.927 bits per heavy atom. The van der Waals surface area contributed by atoms with Gasteiger partial charge in [-0.05, 0) is 24.3 Å². The predicted octanol–water partition coefficient (Wildman–Crippen LogP) is 3.10. The quantitative estimate of drug-likeness (QED) is 0.353. The standard InChI is InChI=1S/C28H16F3N5O4S/c29-28(30,31)16-9-6-10-17(13-16)32-20(37)14-35-19-12-5-4-11-18(19)21(25(35)39)23-26(40)36-27(41-23)33-24(38)22(34-36)15-7-2-1-3-8-15/h1-13H,14H2,(H,32,37)/b23-21-. The fraction of sp³-hybridized carbons (Fsp3) is 0.0714. The number of para-hydroxylation sites is 1. The smallest absolute Gasteiger partial charge is 0.325 e. The van der Waals surface area contributed by atoms with E-state index in [-0.39, 0.29) is 26.4 Å². The van der Waals surface area contributed by atoms with Crippen LogP contribution in [0.1, 0.15) is 11.1 Å². The third-order valence-electron chi connectivity index (χ3n) is 6.33. The summed E-state index contributed by atoms with van der Waals surface area (Å²) >= 11 is 0.819. The lowest BCUT2D eigenvalue weighted by Crippen LogP contribution is -2.37. The van der Waals surface area contributed by atoms with Gasteiger partial charge in [0.25, 0.3) is 11.5 Å². The molecule has 0 saturated carbocycles. The zero-order valence-corrected chi connectivity index (χ0v) is 21.5.